The van der Waals surface area contributed by atoms with Crippen LogP contribution in [0, 0.1) is 5.92 Å². The number of esters is 1. The van der Waals surface area contributed by atoms with Crippen LogP contribution in [-0.4, -0.2) is 57.2 Å². The number of benzene rings is 2. The quantitative estimate of drug-likeness (QED) is 0.622. The summed E-state index contributed by atoms with van der Waals surface area (Å²) in [5.74, 6) is 1.11. The van der Waals surface area contributed by atoms with Crippen molar-refractivity contribution < 1.29 is 23.8 Å². The molecule has 1 N–H and O–H groups in total. The molecule has 3 rings (SSSR count). The Balaban J connectivity index is 1.42. The molecule has 2 aromatic rings. The van der Waals surface area contributed by atoms with Gasteiger partial charge in [0.1, 0.15) is 0 Å². The van der Waals surface area contributed by atoms with Crippen molar-refractivity contribution in [2.75, 3.05) is 40.5 Å². The number of likely N-dealkylation sites (tertiary alicyclic amines) is 1. The molecule has 1 heterocycles. The van der Waals surface area contributed by atoms with Crippen LogP contribution in [0.3, 0.4) is 0 Å². The van der Waals surface area contributed by atoms with Gasteiger partial charge >= 0.3 is 5.97 Å². The van der Waals surface area contributed by atoms with E-state index in [0.29, 0.717) is 29.5 Å². The van der Waals surface area contributed by atoms with Crippen LogP contribution >= 0.6 is 0 Å². The molecule has 166 valence electrons. The molecule has 0 aliphatic carbocycles. The van der Waals surface area contributed by atoms with Crippen LogP contribution in [0.4, 0.5) is 0 Å². The maximum atomic E-state index is 12.2. The molecule has 1 saturated heterocycles. The molecule has 2 aromatic carbocycles. The van der Waals surface area contributed by atoms with Crippen molar-refractivity contribution in [3.8, 4) is 11.5 Å². The summed E-state index contributed by atoms with van der Waals surface area (Å²) < 4.78 is 15.6. The van der Waals surface area contributed by atoms with E-state index in [1.54, 1.807) is 31.4 Å². The van der Waals surface area contributed by atoms with Gasteiger partial charge in [0.25, 0.3) is 5.91 Å². The van der Waals surface area contributed by atoms with Crippen molar-refractivity contribution in [2.24, 2.45) is 5.92 Å². The summed E-state index contributed by atoms with van der Waals surface area (Å²) in [5.41, 5.74) is 1.71. The van der Waals surface area contributed by atoms with Crippen LogP contribution in [0.25, 0.3) is 0 Å². The van der Waals surface area contributed by atoms with E-state index in [-0.39, 0.29) is 18.5 Å². The first kappa shape index (κ1) is 22.6. The van der Waals surface area contributed by atoms with Crippen molar-refractivity contribution >= 4 is 11.9 Å². The number of methoxy groups -OCH3 is 2. The van der Waals surface area contributed by atoms with E-state index >= 15 is 0 Å². The Kier molecular flexibility index (Phi) is 8.29. The Bertz CT molecular complexity index is 869. The fraction of sp³-hybridized carbons (Fsp3) is 0.417. The lowest BCUT2D eigenvalue weighted by Gasteiger charge is -2.32. The molecule has 1 unspecified atom stereocenters. The van der Waals surface area contributed by atoms with Crippen LogP contribution in [0.1, 0.15) is 28.8 Å². The first-order valence-corrected chi connectivity index (χ1v) is 10.5. The van der Waals surface area contributed by atoms with Crippen molar-refractivity contribution in [3.05, 3.63) is 59.7 Å². The number of para-hydroxylation sites is 2. The molecule has 7 heteroatoms. The average Bonchev–Trinajstić information content (AvgIpc) is 2.81. The Morgan fingerprint density at radius 3 is 2.52 bits per heavy atom. The molecule has 7 nitrogen and oxygen atoms in total. The van der Waals surface area contributed by atoms with Crippen molar-refractivity contribution in [1.82, 2.24) is 10.2 Å². The molecule has 1 atom stereocenters. The second kappa shape index (κ2) is 11.4. The summed E-state index contributed by atoms with van der Waals surface area (Å²) in [5, 5.41) is 2.99. The molecule has 1 aliphatic heterocycles. The van der Waals surface area contributed by atoms with E-state index in [2.05, 4.69) is 10.2 Å². The Morgan fingerprint density at radius 1 is 1.06 bits per heavy atom. The monoisotopic (exact) mass is 426 g/mol. The van der Waals surface area contributed by atoms with Gasteiger partial charge in [0.05, 0.1) is 19.8 Å². The van der Waals surface area contributed by atoms with Crippen LogP contribution in [-0.2, 0) is 16.1 Å². The molecular weight excluding hydrogens is 396 g/mol. The molecule has 0 aromatic heterocycles. The highest BCUT2D eigenvalue weighted by Gasteiger charge is 2.21. The van der Waals surface area contributed by atoms with Crippen molar-refractivity contribution in [3.63, 3.8) is 0 Å². The number of piperidine rings is 1. The van der Waals surface area contributed by atoms with Gasteiger partial charge < -0.3 is 19.5 Å². The lowest BCUT2D eigenvalue weighted by Crippen LogP contribution is -2.41. The highest BCUT2D eigenvalue weighted by atomic mass is 16.5. The number of hydrogen-bond donors (Lipinski definition) is 1. The van der Waals surface area contributed by atoms with Gasteiger partial charge in [-0.25, -0.2) is 4.79 Å². The number of carbonyl (C=O) groups excluding carboxylic acids is 2. The Labute approximate surface area is 183 Å². The van der Waals surface area contributed by atoms with Gasteiger partial charge in [0, 0.05) is 19.6 Å². The molecule has 0 spiro atoms. The zero-order valence-corrected chi connectivity index (χ0v) is 18.1. The normalized spacial score (nSPS) is 16.4. The van der Waals surface area contributed by atoms with Crippen LogP contribution in [0.5, 0.6) is 11.5 Å². The molecule has 1 amide bonds. The summed E-state index contributed by atoms with van der Waals surface area (Å²) in [6, 6.07) is 14.8. The smallest absolute Gasteiger partial charge is 0.337 e. The second-order valence-corrected chi connectivity index (χ2v) is 7.68. The summed E-state index contributed by atoms with van der Waals surface area (Å²) in [6.07, 6.45) is 2.18. The number of rotatable bonds is 9. The Morgan fingerprint density at radius 2 is 1.81 bits per heavy atom. The number of hydrogen-bond acceptors (Lipinski definition) is 6. The summed E-state index contributed by atoms with van der Waals surface area (Å²) in [4.78, 5) is 26.2. The minimum Gasteiger partial charge on any atom is -0.493 e. The van der Waals surface area contributed by atoms with E-state index in [4.69, 9.17) is 14.2 Å². The number of ether oxygens (including phenoxy) is 3. The standard InChI is InChI=1S/C24H30N2O5/c1-29-21-7-3-4-8-22(21)31-17-23(27)25-14-19-6-5-13-26(16-19)15-18-9-11-20(12-10-18)24(28)30-2/h3-4,7-12,19H,5-6,13-17H2,1-2H3,(H,25,27). The number of amides is 1. The third kappa shape index (κ3) is 6.72. The van der Waals surface area contributed by atoms with Gasteiger partial charge in [-0.2, -0.15) is 0 Å². The summed E-state index contributed by atoms with van der Waals surface area (Å²) in [7, 11) is 2.96. The average molecular weight is 427 g/mol. The van der Waals surface area contributed by atoms with Gasteiger partial charge in [-0.1, -0.05) is 24.3 Å². The van der Waals surface area contributed by atoms with Crippen molar-refractivity contribution in [1.29, 1.82) is 0 Å². The van der Waals surface area contributed by atoms with Crippen molar-refractivity contribution in [2.45, 2.75) is 19.4 Å². The Hall–Kier alpha value is -3.06. The minimum atomic E-state index is -0.324. The maximum Gasteiger partial charge on any atom is 0.337 e. The van der Waals surface area contributed by atoms with E-state index in [1.165, 1.54) is 7.11 Å². The number of carbonyl (C=O) groups is 2. The third-order valence-corrected chi connectivity index (χ3v) is 5.40. The number of nitrogens with one attached hydrogen (secondary N) is 1. The van der Waals surface area contributed by atoms with Crippen LogP contribution in [0.2, 0.25) is 0 Å². The lowest BCUT2D eigenvalue weighted by molar-refractivity contribution is -0.123. The zero-order chi connectivity index (χ0) is 22.1. The first-order valence-electron chi connectivity index (χ1n) is 10.5. The van der Waals surface area contributed by atoms with E-state index in [9.17, 15) is 9.59 Å². The molecule has 1 aliphatic rings. The highest BCUT2D eigenvalue weighted by Crippen LogP contribution is 2.25. The first-order chi connectivity index (χ1) is 15.1. The minimum absolute atomic E-state index is 0.0383. The molecule has 0 saturated carbocycles. The fourth-order valence-electron chi connectivity index (χ4n) is 3.77. The van der Waals surface area contributed by atoms with Crippen LogP contribution in [0.15, 0.2) is 48.5 Å². The number of nitrogens with zero attached hydrogens (tertiary/aromatic N) is 1. The zero-order valence-electron chi connectivity index (χ0n) is 18.1. The van der Waals surface area contributed by atoms with Crippen LogP contribution < -0.4 is 14.8 Å². The summed E-state index contributed by atoms with van der Waals surface area (Å²) in [6.45, 7) is 3.37. The molecular formula is C24H30N2O5. The largest absolute Gasteiger partial charge is 0.493 e. The summed E-state index contributed by atoms with van der Waals surface area (Å²) >= 11 is 0. The molecule has 0 radical (unpaired) electrons. The van der Waals surface area contributed by atoms with E-state index in [0.717, 1.165) is 38.0 Å². The van der Waals surface area contributed by atoms with E-state index < -0.39 is 0 Å². The van der Waals surface area contributed by atoms with Gasteiger partial charge in [-0.15, -0.1) is 0 Å². The maximum absolute atomic E-state index is 12.2. The molecule has 31 heavy (non-hydrogen) atoms. The predicted molar refractivity (Wildman–Crippen MR) is 117 cm³/mol. The predicted octanol–water partition coefficient (Wildman–Crippen LogP) is 2.89. The highest BCUT2D eigenvalue weighted by molar-refractivity contribution is 5.89. The van der Waals surface area contributed by atoms with Gasteiger partial charge in [-0.3, -0.25) is 9.69 Å². The molecule has 1 fully saturated rings. The third-order valence-electron chi connectivity index (χ3n) is 5.40. The molecule has 0 bridgehead atoms. The second-order valence-electron chi connectivity index (χ2n) is 7.68. The topological polar surface area (TPSA) is 77.1 Å². The lowest BCUT2D eigenvalue weighted by atomic mass is 9.97. The van der Waals surface area contributed by atoms with Gasteiger partial charge in [0.15, 0.2) is 18.1 Å². The van der Waals surface area contributed by atoms with E-state index in [1.807, 2.05) is 24.3 Å². The SMILES string of the molecule is COC(=O)c1ccc(CN2CCCC(CNC(=O)COc3ccccc3OC)C2)cc1. The van der Waals surface area contributed by atoms with Gasteiger partial charge in [-0.05, 0) is 55.1 Å². The fourth-order valence-corrected chi connectivity index (χ4v) is 3.77. The van der Waals surface area contributed by atoms with Gasteiger partial charge in [0.2, 0.25) is 0 Å².